The number of halogens is 2. The molecule has 0 spiro atoms. The van der Waals surface area contributed by atoms with Gasteiger partial charge in [0.25, 0.3) is 0 Å². The first-order valence-corrected chi connectivity index (χ1v) is 13.4. The van der Waals surface area contributed by atoms with Crippen molar-refractivity contribution in [1.82, 2.24) is 15.5 Å². The summed E-state index contributed by atoms with van der Waals surface area (Å²) in [7, 11) is 0. The third-order valence-electron chi connectivity index (χ3n) is 7.20. The van der Waals surface area contributed by atoms with Gasteiger partial charge in [0.05, 0.1) is 12.5 Å². The molecule has 40 heavy (non-hydrogen) atoms. The van der Waals surface area contributed by atoms with Gasteiger partial charge in [0.1, 0.15) is 12.1 Å². The molecule has 2 aromatic rings. The molecule has 3 atom stereocenters. The summed E-state index contributed by atoms with van der Waals surface area (Å²) < 4.78 is 30.0. The second kappa shape index (κ2) is 13.0. The quantitative estimate of drug-likeness (QED) is 0.400. The number of likely N-dealkylation sites (tertiary alicyclic amines) is 1. The Kier molecular flexibility index (Phi) is 10.0. The molecule has 3 rings (SSSR count). The molecule has 3 N–H and O–H groups in total. The summed E-state index contributed by atoms with van der Waals surface area (Å²) in [5.41, 5.74) is 2.37. The second-order valence-corrected chi connectivity index (χ2v) is 10.8. The molecule has 3 amide bonds. The van der Waals surface area contributed by atoms with Crippen LogP contribution in [0.4, 0.5) is 8.78 Å². The summed E-state index contributed by atoms with van der Waals surface area (Å²) in [5.74, 6) is -5.25. The van der Waals surface area contributed by atoms with Gasteiger partial charge in [-0.05, 0) is 73.4 Å². The van der Waals surface area contributed by atoms with Gasteiger partial charge in [0.15, 0.2) is 11.6 Å². The summed E-state index contributed by atoms with van der Waals surface area (Å²) >= 11 is 0. The van der Waals surface area contributed by atoms with Crippen molar-refractivity contribution >= 4 is 23.7 Å². The number of amides is 3. The number of nitrogens with zero attached hydrogens (tertiary/aromatic N) is 1. The summed E-state index contributed by atoms with van der Waals surface area (Å²) in [5, 5.41) is 14.8. The molecule has 1 heterocycles. The van der Waals surface area contributed by atoms with Crippen molar-refractivity contribution in [3.63, 3.8) is 0 Å². The number of aliphatic carboxylic acids is 1. The lowest BCUT2D eigenvalue weighted by Gasteiger charge is -2.28. The Morgan fingerprint density at radius 2 is 1.73 bits per heavy atom. The van der Waals surface area contributed by atoms with E-state index in [1.165, 1.54) is 17.9 Å². The fourth-order valence-corrected chi connectivity index (χ4v) is 5.35. The minimum atomic E-state index is -1.41. The van der Waals surface area contributed by atoms with Gasteiger partial charge in [-0.3, -0.25) is 19.2 Å². The average Bonchev–Trinajstić information content (AvgIpc) is 3.35. The number of carbonyl (C=O) groups is 4. The second-order valence-electron chi connectivity index (χ2n) is 10.8. The summed E-state index contributed by atoms with van der Waals surface area (Å²) in [4.78, 5) is 51.7. The summed E-state index contributed by atoms with van der Waals surface area (Å²) in [6.45, 7) is 9.17. The van der Waals surface area contributed by atoms with Gasteiger partial charge in [-0.25, -0.2) is 8.78 Å². The first kappa shape index (κ1) is 30.7. The minimum Gasteiger partial charge on any atom is -0.481 e. The van der Waals surface area contributed by atoms with Crippen molar-refractivity contribution in [2.75, 3.05) is 6.54 Å². The highest BCUT2D eigenvalue weighted by Gasteiger charge is 2.35. The van der Waals surface area contributed by atoms with Crippen LogP contribution in [0.2, 0.25) is 0 Å². The van der Waals surface area contributed by atoms with Crippen molar-refractivity contribution in [3.05, 3.63) is 58.7 Å². The first-order chi connectivity index (χ1) is 18.8. The van der Waals surface area contributed by atoms with Crippen LogP contribution in [-0.4, -0.2) is 52.3 Å². The van der Waals surface area contributed by atoms with Crippen LogP contribution in [0.25, 0.3) is 11.1 Å². The molecule has 0 radical (unpaired) electrons. The van der Waals surface area contributed by atoms with Crippen molar-refractivity contribution in [3.8, 4) is 11.1 Å². The van der Waals surface area contributed by atoms with Crippen LogP contribution in [0.15, 0.2) is 30.3 Å². The Morgan fingerprint density at radius 1 is 1.07 bits per heavy atom. The van der Waals surface area contributed by atoms with Crippen LogP contribution >= 0.6 is 0 Å². The molecular weight excluding hydrogens is 520 g/mol. The zero-order chi connectivity index (χ0) is 29.7. The lowest BCUT2D eigenvalue weighted by molar-refractivity contribution is -0.139. The van der Waals surface area contributed by atoms with Crippen LogP contribution < -0.4 is 10.6 Å². The van der Waals surface area contributed by atoms with E-state index in [9.17, 15) is 28.7 Å². The van der Waals surface area contributed by atoms with E-state index in [0.717, 1.165) is 17.2 Å². The van der Waals surface area contributed by atoms with Crippen molar-refractivity contribution in [2.24, 2.45) is 5.92 Å². The van der Waals surface area contributed by atoms with E-state index in [4.69, 9.17) is 0 Å². The SMILES string of the molecule is CC(=O)N1CCC[C@@H]1C(=O)N[C@@H](CC(C)C)C(=O)N[C@@H](CC(=O)O)c1cc(-c2c(C)cccc2C)cc(F)c1F. The molecule has 1 aliphatic heterocycles. The van der Waals surface area contributed by atoms with Crippen molar-refractivity contribution in [1.29, 1.82) is 0 Å². The highest BCUT2D eigenvalue weighted by atomic mass is 19.2. The van der Waals surface area contributed by atoms with E-state index < -0.39 is 54.0 Å². The van der Waals surface area contributed by atoms with Gasteiger partial charge < -0.3 is 20.6 Å². The Balaban J connectivity index is 1.95. The van der Waals surface area contributed by atoms with E-state index in [1.807, 2.05) is 45.9 Å². The number of hydrogen-bond donors (Lipinski definition) is 3. The van der Waals surface area contributed by atoms with Gasteiger partial charge in [-0.15, -0.1) is 0 Å². The zero-order valence-electron chi connectivity index (χ0n) is 23.5. The topological polar surface area (TPSA) is 116 Å². The molecule has 1 fully saturated rings. The maximum Gasteiger partial charge on any atom is 0.305 e. The maximum absolute atomic E-state index is 15.2. The highest BCUT2D eigenvalue weighted by molar-refractivity contribution is 5.92. The number of carbonyl (C=O) groups excluding carboxylic acids is 3. The van der Waals surface area contributed by atoms with E-state index in [0.29, 0.717) is 30.5 Å². The Bertz CT molecular complexity index is 1280. The molecule has 0 aliphatic carbocycles. The predicted octanol–water partition coefficient (Wildman–Crippen LogP) is 4.42. The van der Waals surface area contributed by atoms with E-state index in [-0.39, 0.29) is 23.8 Å². The maximum atomic E-state index is 15.2. The Morgan fingerprint density at radius 3 is 2.30 bits per heavy atom. The van der Waals surface area contributed by atoms with E-state index in [2.05, 4.69) is 10.6 Å². The fraction of sp³-hybridized carbons (Fsp3) is 0.467. The lowest BCUT2D eigenvalue weighted by atomic mass is 9.92. The minimum absolute atomic E-state index is 0.0389. The van der Waals surface area contributed by atoms with E-state index in [1.54, 1.807) is 0 Å². The molecule has 1 aliphatic rings. The van der Waals surface area contributed by atoms with Gasteiger partial charge in [0.2, 0.25) is 17.7 Å². The number of hydrogen-bond acceptors (Lipinski definition) is 4. The Hall–Kier alpha value is -3.82. The van der Waals surface area contributed by atoms with Crippen LogP contribution in [0.5, 0.6) is 0 Å². The first-order valence-electron chi connectivity index (χ1n) is 13.4. The lowest BCUT2D eigenvalue weighted by Crippen LogP contribution is -2.53. The van der Waals surface area contributed by atoms with Crippen LogP contribution in [-0.2, 0) is 19.2 Å². The smallest absolute Gasteiger partial charge is 0.305 e. The normalized spacial score (nSPS) is 16.5. The number of rotatable bonds is 10. The van der Waals surface area contributed by atoms with Gasteiger partial charge >= 0.3 is 5.97 Å². The van der Waals surface area contributed by atoms with Crippen LogP contribution in [0, 0.1) is 31.4 Å². The molecule has 0 aromatic heterocycles. The number of benzene rings is 2. The van der Waals surface area contributed by atoms with Crippen LogP contribution in [0.1, 0.15) is 69.2 Å². The molecule has 0 bridgehead atoms. The molecule has 10 heteroatoms. The molecule has 0 saturated carbocycles. The number of carboxylic acids is 1. The van der Waals surface area contributed by atoms with Crippen molar-refractivity contribution < 1.29 is 33.1 Å². The monoisotopic (exact) mass is 557 g/mol. The van der Waals surface area contributed by atoms with Gasteiger partial charge in [-0.2, -0.15) is 0 Å². The Labute approximate surface area is 233 Å². The molecule has 216 valence electrons. The molecule has 2 aromatic carbocycles. The van der Waals surface area contributed by atoms with Crippen molar-refractivity contribution in [2.45, 2.75) is 78.4 Å². The predicted molar refractivity (Wildman–Crippen MR) is 146 cm³/mol. The number of aryl methyl sites for hydroxylation is 2. The largest absolute Gasteiger partial charge is 0.481 e. The van der Waals surface area contributed by atoms with Crippen LogP contribution in [0.3, 0.4) is 0 Å². The zero-order valence-corrected chi connectivity index (χ0v) is 23.5. The third kappa shape index (κ3) is 7.22. The highest BCUT2D eigenvalue weighted by Crippen LogP contribution is 2.33. The van der Waals surface area contributed by atoms with E-state index >= 15 is 4.39 Å². The van der Waals surface area contributed by atoms with Gasteiger partial charge in [-0.1, -0.05) is 32.0 Å². The standard InChI is InChI=1S/C30H37F2N3O5/c1-16(2)12-24(34-30(40)25-10-7-11-35(25)19(5)36)29(39)33-23(15-26(37)38)21-13-20(14-22(31)28(21)32)27-17(3)8-6-9-18(27)4/h6,8-9,13-14,16,23-25H,7,10-12,15H2,1-5H3,(H,33,39)(H,34,40)(H,37,38)/t23-,24-,25+/m0/s1. The van der Waals surface area contributed by atoms with Gasteiger partial charge in [0, 0.05) is 19.0 Å². The molecule has 0 unspecified atom stereocenters. The molecule has 1 saturated heterocycles. The number of nitrogens with one attached hydrogen (secondary N) is 2. The number of carboxylic acid groups (broad SMARTS) is 1. The fourth-order valence-electron chi connectivity index (χ4n) is 5.35. The third-order valence-corrected chi connectivity index (χ3v) is 7.20. The molecular formula is C30H37F2N3O5. The molecule has 8 nitrogen and oxygen atoms in total. The summed E-state index contributed by atoms with van der Waals surface area (Å²) in [6, 6.07) is 4.72. The average molecular weight is 558 g/mol. The summed E-state index contributed by atoms with van der Waals surface area (Å²) in [6.07, 6.45) is 0.616.